The summed E-state index contributed by atoms with van der Waals surface area (Å²) in [6, 6.07) is 5.75. The van der Waals surface area contributed by atoms with Crippen molar-refractivity contribution in [2.45, 2.75) is 26.7 Å². The Morgan fingerprint density at radius 3 is 2.84 bits per heavy atom. The summed E-state index contributed by atoms with van der Waals surface area (Å²) in [6.45, 7) is 3.75. The first-order valence-electron chi connectivity index (χ1n) is 6.29. The molecule has 0 bridgehead atoms. The van der Waals surface area contributed by atoms with Gasteiger partial charge in [0.05, 0.1) is 5.41 Å². The van der Waals surface area contributed by atoms with Crippen molar-refractivity contribution < 1.29 is 19.4 Å². The predicted molar refractivity (Wildman–Crippen MR) is 72.2 cm³/mol. The second-order valence-electron chi connectivity index (χ2n) is 5.24. The molecule has 1 aromatic rings. The van der Waals surface area contributed by atoms with Gasteiger partial charge in [-0.05, 0) is 44.4 Å². The summed E-state index contributed by atoms with van der Waals surface area (Å²) in [6.07, 6.45) is 5.30. The van der Waals surface area contributed by atoms with Crippen molar-refractivity contribution in [3.05, 3.63) is 29.8 Å². The third kappa shape index (κ3) is 3.28. The fourth-order valence-electron chi connectivity index (χ4n) is 1.79. The van der Waals surface area contributed by atoms with Crippen molar-refractivity contribution in [1.82, 2.24) is 0 Å². The monoisotopic (exact) mass is 262 g/mol. The second-order valence-corrected chi connectivity index (χ2v) is 5.24. The Kier molecular flexibility index (Phi) is 3.79. The lowest BCUT2D eigenvalue weighted by molar-refractivity contribution is -0.147. The Hall–Kier alpha value is -1.97. The lowest BCUT2D eigenvalue weighted by atomic mass is 9.88. The largest absolute Gasteiger partial charge is 0.481 e. The number of benzene rings is 1. The number of allylic oxidation sites excluding steroid dienone is 1. The van der Waals surface area contributed by atoms with Crippen LogP contribution in [0.15, 0.2) is 24.3 Å². The summed E-state index contributed by atoms with van der Waals surface area (Å²) in [7, 11) is 0. The summed E-state index contributed by atoms with van der Waals surface area (Å²) in [5, 5.41) is 9.01. The molecule has 4 heteroatoms. The molecule has 102 valence electrons. The molecule has 0 fully saturated rings. The maximum absolute atomic E-state index is 11.0. The number of hydrogen-bond donors (Lipinski definition) is 1. The van der Waals surface area contributed by atoms with E-state index in [0.717, 1.165) is 23.5 Å². The van der Waals surface area contributed by atoms with Gasteiger partial charge in [0.2, 0.25) is 6.79 Å². The molecule has 2 rings (SSSR count). The lowest BCUT2D eigenvalue weighted by Crippen LogP contribution is -2.22. The molecule has 0 aromatic heterocycles. The topological polar surface area (TPSA) is 55.8 Å². The molecule has 1 aliphatic heterocycles. The van der Waals surface area contributed by atoms with Crippen LogP contribution in [0.4, 0.5) is 0 Å². The molecule has 0 saturated carbocycles. The smallest absolute Gasteiger partial charge is 0.309 e. The summed E-state index contributed by atoms with van der Waals surface area (Å²) < 4.78 is 10.5. The van der Waals surface area contributed by atoms with Gasteiger partial charge < -0.3 is 14.6 Å². The second kappa shape index (κ2) is 5.34. The first-order valence-corrected chi connectivity index (χ1v) is 6.29. The molecule has 0 atom stereocenters. The number of carbonyl (C=O) groups is 1. The van der Waals surface area contributed by atoms with Crippen molar-refractivity contribution in [2.75, 3.05) is 6.79 Å². The summed E-state index contributed by atoms with van der Waals surface area (Å²) >= 11 is 0. The minimum Gasteiger partial charge on any atom is -0.481 e. The molecule has 1 aromatic carbocycles. The molecule has 19 heavy (non-hydrogen) atoms. The quantitative estimate of drug-likeness (QED) is 0.884. The van der Waals surface area contributed by atoms with Gasteiger partial charge in [0.1, 0.15) is 0 Å². The molecule has 0 amide bonds. The zero-order valence-electron chi connectivity index (χ0n) is 11.2. The van der Waals surface area contributed by atoms with Crippen molar-refractivity contribution >= 4 is 12.0 Å². The van der Waals surface area contributed by atoms with Gasteiger partial charge >= 0.3 is 5.97 Å². The van der Waals surface area contributed by atoms with Crippen LogP contribution >= 0.6 is 0 Å². The van der Waals surface area contributed by atoms with E-state index < -0.39 is 11.4 Å². The van der Waals surface area contributed by atoms with E-state index in [1.54, 1.807) is 13.8 Å². The van der Waals surface area contributed by atoms with Gasteiger partial charge in [-0.25, -0.2) is 0 Å². The molecule has 0 unspecified atom stereocenters. The molecule has 1 aliphatic rings. The highest BCUT2D eigenvalue weighted by Crippen LogP contribution is 2.33. The number of rotatable bonds is 5. The SMILES string of the molecule is CC(C)(CC/C=C/c1ccc2c(c1)OCO2)C(=O)O. The maximum Gasteiger partial charge on any atom is 0.309 e. The van der Waals surface area contributed by atoms with E-state index in [-0.39, 0.29) is 6.79 Å². The van der Waals surface area contributed by atoms with Crippen LogP contribution in [0.1, 0.15) is 32.3 Å². The minimum absolute atomic E-state index is 0.273. The normalized spacial score (nSPS) is 14.0. The number of carboxylic acids is 1. The Labute approximate surface area is 112 Å². The zero-order valence-corrected chi connectivity index (χ0v) is 11.2. The fraction of sp³-hybridized carbons (Fsp3) is 0.400. The standard InChI is InChI=1S/C15H18O4/c1-15(2,14(16)17)8-4-3-5-11-6-7-12-13(9-11)19-10-18-12/h3,5-7,9H,4,8,10H2,1-2H3,(H,16,17)/b5-3+. The van der Waals surface area contributed by atoms with E-state index in [0.29, 0.717) is 6.42 Å². The molecule has 0 spiro atoms. The molecule has 1 N–H and O–H groups in total. The summed E-state index contributed by atoms with van der Waals surface area (Å²) in [5.74, 6) is 0.765. The van der Waals surface area contributed by atoms with Crippen molar-refractivity contribution in [3.8, 4) is 11.5 Å². The predicted octanol–water partition coefficient (Wildman–Crippen LogP) is 3.32. The number of fused-ring (bicyclic) bond motifs is 1. The third-order valence-corrected chi connectivity index (χ3v) is 3.22. The minimum atomic E-state index is -0.760. The van der Waals surface area contributed by atoms with Crippen LogP contribution in [-0.4, -0.2) is 17.9 Å². The van der Waals surface area contributed by atoms with Crippen LogP contribution in [-0.2, 0) is 4.79 Å². The van der Waals surface area contributed by atoms with Crippen LogP contribution in [0.25, 0.3) is 6.08 Å². The van der Waals surface area contributed by atoms with Gasteiger partial charge in [0.25, 0.3) is 0 Å². The molecule has 0 radical (unpaired) electrons. The van der Waals surface area contributed by atoms with E-state index in [2.05, 4.69) is 0 Å². The van der Waals surface area contributed by atoms with Crippen LogP contribution in [0, 0.1) is 5.41 Å². The van der Waals surface area contributed by atoms with Crippen LogP contribution in [0.3, 0.4) is 0 Å². The molecule has 0 aliphatic carbocycles. The Morgan fingerprint density at radius 1 is 1.37 bits per heavy atom. The summed E-state index contributed by atoms with van der Waals surface area (Å²) in [5.41, 5.74) is 0.344. The van der Waals surface area contributed by atoms with E-state index in [1.807, 2.05) is 30.4 Å². The number of ether oxygens (including phenoxy) is 2. The third-order valence-electron chi connectivity index (χ3n) is 3.22. The molecular formula is C15H18O4. The average Bonchev–Trinajstić information content (AvgIpc) is 2.81. The number of carboxylic acid groups (broad SMARTS) is 1. The number of hydrogen-bond acceptors (Lipinski definition) is 3. The van der Waals surface area contributed by atoms with Gasteiger partial charge in [-0.1, -0.05) is 18.2 Å². The Bertz CT molecular complexity index is 503. The lowest BCUT2D eigenvalue weighted by Gasteiger charge is -2.17. The number of aliphatic carboxylic acids is 1. The highest BCUT2D eigenvalue weighted by molar-refractivity contribution is 5.73. The fourth-order valence-corrected chi connectivity index (χ4v) is 1.79. The van der Waals surface area contributed by atoms with Gasteiger partial charge in [0.15, 0.2) is 11.5 Å². The van der Waals surface area contributed by atoms with E-state index in [1.165, 1.54) is 0 Å². The first kappa shape index (κ1) is 13.5. The molecule has 4 nitrogen and oxygen atoms in total. The Balaban J connectivity index is 1.91. The van der Waals surface area contributed by atoms with Gasteiger partial charge in [-0.3, -0.25) is 4.79 Å². The van der Waals surface area contributed by atoms with E-state index in [4.69, 9.17) is 14.6 Å². The van der Waals surface area contributed by atoms with Crippen molar-refractivity contribution in [2.24, 2.45) is 5.41 Å². The zero-order chi connectivity index (χ0) is 13.9. The van der Waals surface area contributed by atoms with Gasteiger partial charge in [0, 0.05) is 0 Å². The van der Waals surface area contributed by atoms with Gasteiger partial charge in [-0.2, -0.15) is 0 Å². The van der Waals surface area contributed by atoms with Crippen molar-refractivity contribution in [3.63, 3.8) is 0 Å². The molecule has 1 heterocycles. The highest BCUT2D eigenvalue weighted by atomic mass is 16.7. The van der Waals surface area contributed by atoms with Crippen molar-refractivity contribution in [1.29, 1.82) is 0 Å². The Morgan fingerprint density at radius 2 is 2.11 bits per heavy atom. The van der Waals surface area contributed by atoms with E-state index >= 15 is 0 Å². The van der Waals surface area contributed by atoms with Crippen LogP contribution in [0.5, 0.6) is 11.5 Å². The first-order chi connectivity index (χ1) is 8.99. The molecule has 0 saturated heterocycles. The average molecular weight is 262 g/mol. The van der Waals surface area contributed by atoms with Crippen LogP contribution in [0.2, 0.25) is 0 Å². The summed E-state index contributed by atoms with van der Waals surface area (Å²) in [4.78, 5) is 11.0. The van der Waals surface area contributed by atoms with Crippen LogP contribution < -0.4 is 9.47 Å². The van der Waals surface area contributed by atoms with E-state index in [9.17, 15) is 4.79 Å². The van der Waals surface area contributed by atoms with Gasteiger partial charge in [-0.15, -0.1) is 0 Å². The highest BCUT2D eigenvalue weighted by Gasteiger charge is 2.25. The molecular weight excluding hydrogens is 244 g/mol. The maximum atomic E-state index is 11.0.